The second-order valence-electron chi connectivity index (χ2n) is 6.70. The van der Waals surface area contributed by atoms with Crippen molar-refractivity contribution in [1.82, 2.24) is 20.2 Å². The molecule has 0 atom stereocenters. The van der Waals surface area contributed by atoms with Crippen LogP contribution in [0.2, 0.25) is 0 Å². The number of nitrogens with zero attached hydrogens (tertiary/aromatic N) is 2. The lowest BCUT2D eigenvalue weighted by Crippen LogP contribution is -2.38. The maximum Gasteiger partial charge on any atom is 0.257 e. The van der Waals surface area contributed by atoms with Crippen LogP contribution in [0.3, 0.4) is 0 Å². The minimum Gasteiger partial charge on any atom is -0.454 e. The predicted octanol–water partition coefficient (Wildman–Crippen LogP) is 1.19. The Balaban J connectivity index is 1.50. The Morgan fingerprint density at radius 3 is 2.73 bits per heavy atom. The van der Waals surface area contributed by atoms with Crippen molar-refractivity contribution in [2.75, 3.05) is 13.3 Å². The van der Waals surface area contributed by atoms with Gasteiger partial charge in [-0.2, -0.15) is 0 Å². The van der Waals surface area contributed by atoms with Crippen molar-refractivity contribution in [2.24, 2.45) is 0 Å². The van der Waals surface area contributed by atoms with E-state index in [0.29, 0.717) is 35.5 Å². The summed E-state index contributed by atoms with van der Waals surface area (Å²) < 4.78 is 12.5. The first-order valence-corrected chi connectivity index (χ1v) is 9.47. The van der Waals surface area contributed by atoms with Crippen LogP contribution in [0.25, 0.3) is 10.9 Å². The van der Waals surface area contributed by atoms with Crippen molar-refractivity contribution in [2.45, 2.75) is 20.0 Å². The minimum atomic E-state index is -0.613. The summed E-state index contributed by atoms with van der Waals surface area (Å²) >= 11 is 0. The summed E-state index contributed by atoms with van der Waals surface area (Å²) in [5.74, 6) is 0.0478. The Kier molecular flexibility index (Phi) is 5.34. The molecule has 0 aliphatic carbocycles. The van der Waals surface area contributed by atoms with E-state index < -0.39 is 11.3 Å². The highest BCUT2D eigenvalue weighted by molar-refractivity contribution is 5.99. The van der Waals surface area contributed by atoms with Crippen LogP contribution in [0.15, 0.2) is 47.7 Å². The second kappa shape index (κ2) is 8.24. The first kappa shape index (κ1) is 19.4. The second-order valence-corrected chi connectivity index (χ2v) is 6.70. The van der Waals surface area contributed by atoms with Gasteiger partial charge < -0.3 is 24.7 Å². The van der Waals surface area contributed by atoms with E-state index in [9.17, 15) is 14.4 Å². The van der Waals surface area contributed by atoms with E-state index >= 15 is 0 Å². The molecule has 0 bridgehead atoms. The van der Waals surface area contributed by atoms with Crippen LogP contribution in [0.4, 0.5) is 0 Å². The van der Waals surface area contributed by atoms with Gasteiger partial charge in [0.2, 0.25) is 18.1 Å². The number of aryl methyl sites for hydroxylation is 1. The summed E-state index contributed by atoms with van der Waals surface area (Å²) in [6, 6.07) is 6.92. The molecule has 1 aromatic carbocycles. The number of benzene rings is 1. The standard InChI is InChI=1S/C21H20N4O5/c1-2-25-11-15(20(27)14-6-17-18(7-16(14)25)30-12-29-17)21(28)24-10-19(26)23-9-13-4-3-5-22-8-13/h3-8,11H,2,9-10,12H2,1H3,(H,23,26)(H,24,28). The van der Waals surface area contributed by atoms with E-state index in [0.717, 1.165) is 5.56 Å². The molecule has 9 nitrogen and oxygen atoms in total. The molecule has 0 saturated heterocycles. The molecule has 3 heterocycles. The average Bonchev–Trinajstić information content (AvgIpc) is 3.23. The topological polar surface area (TPSA) is 112 Å². The predicted molar refractivity (Wildman–Crippen MR) is 108 cm³/mol. The Hall–Kier alpha value is -3.88. The van der Waals surface area contributed by atoms with Gasteiger partial charge in [-0.3, -0.25) is 19.4 Å². The third-order valence-corrected chi connectivity index (χ3v) is 4.78. The lowest BCUT2D eigenvalue weighted by molar-refractivity contribution is -0.120. The molecule has 0 fully saturated rings. The van der Waals surface area contributed by atoms with E-state index in [1.165, 1.54) is 6.20 Å². The van der Waals surface area contributed by atoms with Crippen molar-refractivity contribution < 1.29 is 19.1 Å². The zero-order chi connectivity index (χ0) is 21.1. The number of ether oxygens (including phenoxy) is 2. The van der Waals surface area contributed by atoms with Gasteiger partial charge in [-0.25, -0.2) is 0 Å². The molecule has 0 saturated carbocycles. The third kappa shape index (κ3) is 3.82. The van der Waals surface area contributed by atoms with Crippen LogP contribution in [-0.4, -0.2) is 34.7 Å². The highest BCUT2D eigenvalue weighted by Gasteiger charge is 2.20. The maximum absolute atomic E-state index is 12.9. The molecule has 2 aromatic heterocycles. The number of rotatable bonds is 6. The van der Waals surface area contributed by atoms with E-state index in [1.54, 1.807) is 35.2 Å². The Morgan fingerprint density at radius 2 is 2.00 bits per heavy atom. The maximum atomic E-state index is 12.9. The molecular weight excluding hydrogens is 388 g/mol. The van der Waals surface area contributed by atoms with E-state index in [4.69, 9.17) is 9.47 Å². The van der Waals surface area contributed by atoms with Crippen molar-refractivity contribution in [3.05, 3.63) is 64.2 Å². The molecule has 9 heteroatoms. The van der Waals surface area contributed by atoms with Crippen LogP contribution < -0.4 is 25.5 Å². The van der Waals surface area contributed by atoms with Gasteiger partial charge in [0.25, 0.3) is 5.91 Å². The number of fused-ring (bicyclic) bond motifs is 2. The van der Waals surface area contributed by atoms with Crippen LogP contribution in [0.5, 0.6) is 11.5 Å². The molecule has 0 spiro atoms. The number of carbonyl (C=O) groups is 2. The lowest BCUT2D eigenvalue weighted by Gasteiger charge is -2.12. The van der Waals surface area contributed by atoms with Gasteiger partial charge in [0.1, 0.15) is 5.56 Å². The summed E-state index contributed by atoms with van der Waals surface area (Å²) in [5.41, 5.74) is 1.03. The average molecular weight is 408 g/mol. The normalized spacial score (nSPS) is 12.0. The smallest absolute Gasteiger partial charge is 0.257 e. The third-order valence-electron chi connectivity index (χ3n) is 4.78. The van der Waals surface area contributed by atoms with Gasteiger partial charge in [0, 0.05) is 37.7 Å². The molecule has 154 valence electrons. The van der Waals surface area contributed by atoms with Gasteiger partial charge >= 0.3 is 0 Å². The molecule has 4 rings (SSSR count). The number of amides is 2. The van der Waals surface area contributed by atoms with Gasteiger partial charge in [0.05, 0.1) is 17.4 Å². The Labute approximate surface area is 171 Å². The first-order chi connectivity index (χ1) is 14.6. The van der Waals surface area contributed by atoms with Crippen molar-refractivity contribution in [3.8, 4) is 11.5 Å². The molecule has 2 N–H and O–H groups in total. The van der Waals surface area contributed by atoms with E-state index in [2.05, 4.69) is 15.6 Å². The van der Waals surface area contributed by atoms with Gasteiger partial charge in [-0.1, -0.05) is 6.07 Å². The molecule has 30 heavy (non-hydrogen) atoms. The molecule has 2 amide bonds. The van der Waals surface area contributed by atoms with E-state index in [-0.39, 0.29) is 24.8 Å². The number of hydrogen-bond acceptors (Lipinski definition) is 6. The molecule has 1 aliphatic heterocycles. The highest BCUT2D eigenvalue weighted by Crippen LogP contribution is 2.35. The number of nitrogens with one attached hydrogen (secondary N) is 2. The molecular formula is C21H20N4O5. The number of pyridine rings is 2. The van der Waals surface area contributed by atoms with Crippen LogP contribution >= 0.6 is 0 Å². The molecule has 0 radical (unpaired) electrons. The van der Waals surface area contributed by atoms with Crippen molar-refractivity contribution >= 4 is 22.7 Å². The fraction of sp³-hybridized carbons (Fsp3) is 0.238. The number of carbonyl (C=O) groups excluding carboxylic acids is 2. The van der Waals surface area contributed by atoms with Gasteiger partial charge in [-0.15, -0.1) is 0 Å². The Bertz CT molecular complexity index is 1170. The SMILES string of the molecule is CCn1cc(C(=O)NCC(=O)NCc2cccnc2)c(=O)c2cc3c(cc21)OCO3. The van der Waals surface area contributed by atoms with Crippen LogP contribution in [0.1, 0.15) is 22.8 Å². The van der Waals surface area contributed by atoms with Crippen LogP contribution in [0, 0.1) is 0 Å². The van der Waals surface area contributed by atoms with Gasteiger partial charge in [0.15, 0.2) is 11.5 Å². The highest BCUT2D eigenvalue weighted by atomic mass is 16.7. The molecule has 3 aromatic rings. The monoisotopic (exact) mass is 408 g/mol. The van der Waals surface area contributed by atoms with Gasteiger partial charge in [-0.05, 0) is 24.6 Å². The summed E-state index contributed by atoms with van der Waals surface area (Å²) in [6.07, 6.45) is 4.79. The molecule has 1 aliphatic rings. The molecule has 0 unspecified atom stereocenters. The Morgan fingerprint density at radius 1 is 1.20 bits per heavy atom. The van der Waals surface area contributed by atoms with Crippen molar-refractivity contribution in [3.63, 3.8) is 0 Å². The summed E-state index contributed by atoms with van der Waals surface area (Å²) in [4.78, 5) is 41.5. The summed E-state index contributed by atoms with van der Waals surface area (Å²) in [5, 5.41) is 5.56. The lowest BCUT2D eigenvalue weighted by atomic mass is 10.1. The fourth-order valence-corrected chi connectivity index (χ4v) is 3.22. The van der Waals surface area contributed by atoms with E-state index in [1.807, 2.05) is 13.0 Å². The van der Waals surface area contributed by atoms with Crippen molar-refractivity contribution in [1.29, 1.82) is 0 Å². The zero-order valence-electron chi connectivity index (χ0n) is 16.3. The largest absolute Gasteiger partial charge is 0.454 e. The summed E-state index contributed by atoms with van der Waals surface area (Å²) in [6.45, 7) is 2.59. The fourth-order valence-electron chi connectivity index (χ4n) is 3.22. The number of hydrogen-bond donors (Lipinski definition) is 2. The zero-order valence-corrected chi connectivity index (χ0v) is 16.3. The number of aromatic nitrogens is 2. The van der Waals surface area contributed by atoms with Crippen LogP contribution in [-0.2, 0) is 17.9 Å². The quantitative estimate of drug-likeness (QED) is 0.634. The minimum absolute atomic E-state index is 0.0386. The first-order valence-electron chi connectivity index (χ1n) is 9.47. The summed E-state index contributed by atoms with van der Waals surface area (Å²) in [7, 11) is 0.